The summed E-state index contributed by atoms with van der Waals surface area (Å²) in [6.45, 7) is 0. The van der Waals surface area contributed by atoms with Crippen molar-refractivity contribution < 1.29 is 4.74 Å². The lowest BCUT2D eigenvalue weighted by Crippen LogP contribution is -2.13. The molecular weight excluding hydrogens is 232 g/mol. The molecule has 0 amide bonds. The van der Waals surface area contributed by atoms with Crippen LogP contribution in [0.4, 0.5) is 0 Å². The Bertz CT molecular complexity index is 713. The Hall–Kier alpha value is -2.02. The molecule has 0 spiro atoms. The van der Waals surface area contributed by atoms with E-state index in [9.17, 15) is 0 Å². The third-order valence-corrected chi connectivity index (χ3v) is 4.86. The number of benzene rings is 2. The molecule has 0 unspecified atom stereocenters. The number of allylic oxidation sites excluding steroid dienone is 2. The van der Waals surface area contributed by atoms with Gasteiger partial charge < -0.3 is 4.74 Å². The largest absolute Gasteiger partial charge is 0.461 e. The molecule has 1 heterocycles. The highest BCUT2D eigenvalue weighted by Crippen LogP contribution is 2.59. The minimum Gasteiger partial charge on any atom is -0.461 e. The Morgan fingerprint density at radius 3 is 2.47 bits per heavy atom. The van der Waals surface area contributed by atoms with Gasteiger partial charge in [-0.2, -0.15) is 0 Å². The van der Waals surface area contributed by atoms with Crippen molar-refractivity contribution in [3.8, 4) is 5.75 Å². The quantitative estimate of drug-likeness (QED) is 0.672. The van der Waals surface area contributed by atoms with E-state index in [0.29, 0.717) is 17.8 Å². The Labute approximate surface area is 112 Å². The van der Waals surface area contributed by atoms with Crippen LogP contribution in [0.1, 0.15) is 40.9 Å². The molecule has 92 valence electrons. The van der Waals surface area contributed by atoms with Gasteiger partial charge in [-0.1, -0.05) is 42.5 Å². The van der Waals surface area contributed by atoms with Crippen LogP contribution in [0.15, 0.2) is 60.4 Å². The van der Waals surface area contributed by atoms with E-state index < -0.39 is 0 Å². The summed E-state index contributed by atoms with van der Waals surface area (Å²) in [5.41, 5.74) is 4.41. The molecule has 3 aliphatic rings. The van der Waals surface area contributed by atoms with Gasteiger partial charge in [-0.15, -0.1) is 0 Å². The summed E-state index contributed by atoms with van der Waals surface area (Å²) in [7, 11) is 0. The first-order valence-corrected chi connectivity index (χ1v) is 6.99. The maximum absolute atomic E-state index is 6.08. The number of hydrogen-bond donors (Lipinski definition) is 0. The predicted octanol–water partition coefficient (Wildman–Crippen LogP) is 4.33. The van der Waals surface area contributed by atoms with Crippen molar-refractivity contribution in [1.29, 1.82) is 0 Å². The van der Waals surface area contributed by atoms with Gasteiger partial charge in [-0.25, -0.2) is 0 Å². The predicted molar refractivity (Wildman–Crippen MR) is 74.4 cm³/mol. The van der Waals surface area contributed by atoms with Crippen LogP contribution in [0.25, 0.3) is 0 Å². The van der Waals surface area contributed by atoms with Crippen molar-refractivity contribution in [3.63, 3.8) is 0 Å². The second kappa shape index (κ2) is 3.30. The zero-order chi connectivity index (χ0) is 12.4. The summed E-state index contributed by atoms with van der Waals surface area (Å²) in [6.07, 6.45) is 3.60. The highest BCUT2D eigenvalue weighted by Gasteiger charge is 2.45. The van der Waals surface area contributed by atoms with E-state index in [-0.39, 0.29) is 0 Å². The molecule has 19 heavy (non-hydrogen) atoms. The van der Waals surface area contributed by atoms with Gasteiger partial charge in [0.25, 0.3) is 0 Å². The van der Waals surface area contributed by atoms with Crippen molar-refractivity contribution in [3.05, 3.63) is 77.1 Å². The molecule has 0 N–H and O–H groups in total. The van der Waals surface area contributed by atoms with Crippen molar-refractivity contribution >= 4 is 0 Å². The summed E-state index contributed by atoms with van der Waals surface area (Å²) in [5, 5.41) is 0. The fourth-order valence-corrected chi connectivity index (χ4v) is 4.11. The van der Waals surface area contributed by atoms with Crippen molar-refractivity contribution in [1.82, 2.24) is 0 Å². The maximum atomic E-state index is 6.08. The third-order valence-electron chi connectivity index (χ3n) is 4.86. The topological polar surface area (TPSA) is 9.23 Å². The van der Waals surface area contributed by atoms with Crippen LogP contribution in [-0.4, -0.2) is 0 Å². The molecule has 0 fully saturated rings. The summed E-state index contributed by atoms with van der Waals surface area (Å²) < 4.78 is 6.08. The first-order valence-electron chi connectivity index (χ1n) is 6.99. The van der Waals surface area contributed by atoms with Crippen LogP contribution in [-0.2, 0) is 0 Å². The van der Waals surface area contributed by atoms with Crippen LogP contribution in [0.3, 0.4) is 0 Å². The van der Waals surface area contributed by atoms with Crippen molar-refractivity contribution in [2.75, 3.05) is 0 Å². The highest BCUT2D eigenvalue weighted by molar-refractivity contribution is 5.55. The minimum absolute atomic E-state index is 0.441. The lowest BCUT2D eigenvalue weighted by molar-refractivity contribution is 0.386. The zero-order valence-electron chi connectivity index (χ0n) is 10.5. The molecule has 1 nitrogen and oxygen atoms in total. The number of ether oxygens (including phenoxy) is 1. The molecule has 5 rings (SSSR count). The van der Waals surface area contributed by atoms with Gasteiger partial charge in [0.05, 0.1) is 5.92 Å². The molecule has 0 saturated carbocycles. The Kier molecular flexibility index (Phi) is 1.71. The average molecular weight is 246 g/mol. The van der Waals surface area contributed by atoms with Crippen LogP contribution in [0.5, 0.6) is 5.75 Å². The maximum Gasteiger partial charge on any atom is 0.130 e. The molecule has 0 saturated heterocycles. The monoisotopic (exact) mass is 246 g/mol. The fraction of sp³-hybridized carbons (Fsp3) is 0.222. The number of hydrogen-bond acceptors (Lipinski definition) is 1. The number of para-hydroxylation sites is 1. The second-order valence-corrected chi connectivity index (χ2v) is 5.76. The number of rotatable bonds is 0. The van der Waals surface area contributed by atoms with Crippen LogP contribution >= 0.6 is 0 Å². The summed E-state index contributed by atoms with van der Waals surface area (Å²) in [6, 6.07) is 17.4. The lowest BCUT2D eigenvalue weighted by atomic mass is 9.78. The van der Waals surface area contributed by atoms with Gasteiger partial charge >= 0.3 is 0 Å². The SMILES string of the molecule is C1=C2Oc3ccccc3[C@H]2[C@@H]2C[C@H]1c1ccccc12. The van der Waals surface area contributed by atoms with E-state index in [2.05, 4.69) is 54.6 Å². The van der Waals surface area contributed by atoms with Crippen LogP contribution in [0, 0.1) is 0 Å². The van der Waals surface area contributed by atoms with Gasteiger partial charge in [0.1, 0.15) is 11.5 Å². The zero-order valence-corrected chi connectivity index (χ0v) is 10.5. The molecular formula is C18H14O. The number of fused-ring (bicyclic) bond motifs is 9. The van der Waals surface area contributed by atoms with E-state index in [1.165, 1.54) is 28.9 Å². The first kappa shape index (κ1) is 9.85. The van der Waals surface area contributed by atoms with Gasteiger partial charge in [0.15, 0.2) is 0 Å². The molecule has 2 aliphatic carbocycles. The van der Waals surface area contributed by atoms with Crippen LogP contribution < -0.4 is 4.74 Å². The van der Waals surface area contributed by atoms with E-state index >= 15 is 0 Å². The molecule has 0 radical (unpaired) electrons. The smallest absolute Gasteiger partial charge is 0.130 e. The molecule has 1 heteroatoms. The lowest BCUT2D eigenvalue weighted by Gasteiger charge is -2.24. The molecule has 0 aromatic heterocycles. The highest BCUT2D eigenvalue weighted by atomic mass is 16.5. The van der Waals surface area contributed by atoms with Gasteiger partial charge in [-0.05, 0) is 35.6 Å². The van der Waals surface area contributed by atoms with Gasteiger partial charge in [0, 0.05) is 11.5 Å². The second-order valence-electron chi connectivity index (χ2n) is 5.76. The molecule has 2 aromatic rings. The molecule has 2 aromatic carbocycles. The fourth-order valence-electron chi connectivity index (χ4n) is 4.11. The van der Waals surface area contributed by atoms with Gasteiger partial charge in [0.2, 0.25) is 0 Å². The van der Waals surface area contributed by atoms with Gasteiger partial charge in [-0.3, -0.25) is 0 Å². The average Bonchev–Trinajstić information content (AvgIpc) is 2.97. The van der Waals surface area contributed by atoms with E-state index in [1.807, 2.05) is 0 Å². The summed E-state index contributed by atoms with van der Waals surface area (Å²) in [4.78, 5) is 0. The van der Waals surface area contributed by atoms with Crippen molar-refractivity contribution in [2.45, 2.75) is 24.2 Å². The van der Waals surface area contributed by atoms with E-state index in [1.54, 1.807) is 0 Å². The first-order chi connectivity index (χ1) is 9.42. The molecule has 2 bridgehead atoms. The Morgan fingerprint density at radius 1 is 0.842 bits per heavy atom. The Balaban J connectivity index is 1.74. The summed E-state index contributed by atoms with van der Waals surface area (Å²) >= 11 is 0. The van der Waals surface area contributed by atoms with E-state index in [4.69, 9.17) is 4.74 Å². The molecule has 3 atom stereocenters. The summed E-state index contributed by atoms with van der Waals surface area (Å²) in [5.74, 6) is 3.84. The van der Waals surface area contributed by atoms with Crippen LogP contribution in [0.2, 0.25) is 0 Å². The Morgan fingerprint density at radius 2 is 1.58 bits per heavy atom. The normalized spacial score (nSPS) is 29.1. The van der Waals surface area contributed by atoms with Crippen molar-refractivity contribution in [2.24, 2.45) is 0 Å². The molecule has 1 aliphatic heterocycles. The standard InChI is InChI=1S/C18H14O/c1-2-6-13-12(5-1)11-9-15(13)18-14-7-3-4-8-16(14)19-17(18)10-11/h1-8,10-11,15,18H,9H2/t11-,15-,18+/m1/s1. The van der Waals surface area contributed by atoms with E-state index in [0.717, 1.165) is 5.75 Å². The minimum atomic E-state index is 0.441. The third kappa shape index (κ3) is 1.16.